The van der Waals surface area contributed by atoms with Crippen LogP contribution in [0, 0.1) is 11.8 Å². The molecule has 27 heavy (non-hydrogen) atoms. The number of rotatable bonds is 7. The number of hydrogen-bond acceptors (Lipinski definition) is 3. The van der Waals surface area contributed by atoms with Gasteiger partial charge in [-0.05, 0) is 55.4 Å². The average Bonchev–Trinajstić information content (AvgIpc) is 2.76. The molecule has 0 aliphatic heterocycles. The average molecular weight is 390 g/mol. The molecule has 0 bridgehead atoms. The molecule has 6 heteroatoms. The van der Waals surface area contributed by atoms with E-state index in [1.165, 1.54) is 0 Å². The standard InChI is InChI=1S/C21H27NO4S/c1-12(2)9-18(21(23)24)22-27(25,26)19-10-15(6)17-11-16(13(3)4)8-7-14(5)20(17)19/h10-13,18,22H,9H2,1-6H3,(H,23,24). The predicted octanol–water partition coefficient (Wildman–Crippen LogP) is 3.84. The zero-order chi connectivity index (χ0) is 20.5. The third-order valence-corrected chi connectivity index (χ3v) is 6.07. The van der Waals surface area contributed by atoms with Crippen LogP contribution in [0.2, 0.25) is 0 Å². The van der Waals surface area contributed by atoms with Gasteiger partial charge in [0.15, 0.2) is 0 Å². The molecule has 0 fully saturated rings. The van der Waals surface area contributed by atoms with Crippen molar-refractivity contribution in [3.8, 4) is 0 Å². The zero-order valence-corrected chi connectivity index (χ0v) is 17.5. The van der Waals surface area contributed by atoms with E-state index >= 15 is 0 Å². The maximum atomic E-state index is 13.0. The van der Waals surface area contributed by atoms with Crippen molar-refractivity contribution in [1.29, 1.82) is 0 Å². The van der Waals surface area contributed by atoms with Gasteiger partial charge in [0.05, 0.1) is 4.91 Å². The van der Waals surface area contributed by atoms with E-state index in [2.05, 4.69) is 16.2 Å². The van der Waals surface area contributed by atoms with Crippen molar-refractivity contribution >= 4 is 16.0 Å². The second-order valence-electron chi connectivity index (χ2n) is 7.75. The third kappa shape index (κ3) is 4.60. The van der Waals surface area contributed by atoms with Gasteiger partial charge in [-0.2, -0.15) is 4.72 Å². The van der Waals surface area contributed by atoms with Crippen molar-refractivity contribution in [3.05, 3.63) is 56.4 Å². The normalized spacial score (nSPS) is 18.1. The number of nitrogens with one attached hydrogen (secondary N) is 1. The summed E-state index contributed by atoms with van der Waals surface area (Å²) in [5, 5.41) is 9.40. The first-order valence-electron chi connectivity index (χ1n) is 9.07. The van der Waals surface area contributed by atoms with Crippen LogP contribution in [-0.4, -0.2) is 25.5 Å². The van der Waals surface area contributed by atoms with E-state index in [1.807, 2.05) is 40.7 Å². The Hall–Kier alpha value is -2.10. The topological polar surface area (TPSA) is 83.5 Å². The largest absolute Gasteiger partial charge is 0.480 e. The van der Waals surface area contributed by atoms with Crippen molar-refractivity contribution in [1.82, 2.24) is 4.72 Å². The second kappa shape index (κ2) is 7.87. The molecule has 2 aliphatic rings. The molecule has 2 aliphatic carbocycles. The van der Waals surface area contributed by atoms with Crippen LogP contribution < -0.4 is 4.72 Å². The number of carbonyl (C=O) groups is 1. The molecule has 1 atom stereocenters. The Morgan fingerprint density at radius 1 is 1.15 bits per heavy atom. The van der Waals surface area contributed by atoms with Crippen molar-refractivity contribution in [2.45, 2.75) is 54.0 Å². The number of sulfonamides is 1. The Balaban J connectivity index is 2.55. The number of allylic oxidation sites excluding steroid dienone is 7. The molecule has 0 amide bonds. The first-order valence-corrected chi connectivity index (χ1v) is 10.5. The molecule has 0 aromatic carbocycles. The molecule has 146 valence electrons. The van der Waals surface area contributed by atoms with Crippen LogP contribution in [0.5, 0.6) is 0 Å². The van der Waals surface area contributed by atoms with E-state index < -0.39 is 22.0 Å². The van der Waals surface area contributed by atoms with Crippen molar-refractivity contribution < 1.29 is 18.3 Å². The number of carboxylic acids is 1. The Bertz CT molecular complexity index is 962. The van der Waals surface area contributed by atoms with Gasteiger partial charge in [0.2, 0.25) is 10.0 Å². The van der Waals surface area contributed by atoms with E-state index in [4.69, 9.17) is 0 Å². The minimum atomic E-state index is -4.01. The minimum Gasteiger partial charge on any atom is -0.480 e. The van der Waals surface area contributed by atoms with Gasteiger partial charge in [0.25, 0.3) is 0 Å². The lowest BCUT2D eigenvalue weighted by Crippen LogP contribution is -2.42. The van der Waals surface area contributed by atoms with Gasteiger partial charge >= 0.3 is 5.97 Å². The Labute approximate surface area is 161 Å². The molecule has 5 nitrogen and oxygen atoms in total. The van der Waals surface area contributed by atoms with Crippen LogP contribution in [0.1, 0.15) is 48.0 Å². The highest BCUT2D eigenvalue weighted by molar-refractivity contribution is 7.93. The van der Waals surface area contributed by atoms with Gasteiger partial charge in [0, 0.05) is 16.7 Å². The number of aliphatic carboxylic acids is 1. The monoisotopic (exact) mass is 389 g/mol. The number of hydrogen-bond donors (Lipinski definition) is 2. The number of carboxylic acid groups (broad SMARTS) is 1. The van der Waals surface area contributed by atoms with Crippen LogP contribution >= 0.6 is 0 Å². The van der Waals surface area contributed by atoms with Gasteiger partial charge in [0.1, 0.15) is 6.04 Å². The Morgan fingerprint density at radius 2 is 1.78 bits per heavy atom. The van der Waals surface area contributed by atoms with E-state index in [1.54, 1.807) is 13.0 Å². The summed E-state index contributed by atoms with van der Waals surface area (Å²) < 4.78 is 28.4. The smallest absolute Gasteiger partial charge is 0.321 e. The molecule has 2 rings (SSSR count). The molecule has 0 aromatic heterocycles. The highest BCUT2D eigenvalue weighted by atomic mass is 32.2. The van der Waals surface area contributed by atoms with Crippen molar-refractivity contribution in [2.24, 2.45) is 11.8 Å². The molecule has 1 unspecified atom stereocenters. The van der Waals surface area contributed by atoms with Crippen LogP contribution in [0.25, 0.3) is 0 Å². The summed E-state index contributed by atoms with van der Waals surface area (Å²) >= 11 is 0. The number of fused-ring (bicyclic) bond motifs is 1. The molecule has 0 saturated heterocycles. The molecule has 0 radical (unpaired) electrons. The first kappa shape index (κ1) is 21.2. The van der Waals surface area contributed by atoms with E-state index in [9.17, 15) is 18.3 Å². The van der Waals surface area contributed by atoms with Crippen LogP contribution in [0.4, 0.5) is 0 Å². The molecular formula is C21H27NO4S. The molecule has 2 N–H and O–H groups in total. The summed E-state index contributed by atoms with van der Waals surface area (Å²) in [6, 6.07) is -1.17. The Kier molecular flexibility index (Phi) is 6.18. The fraction of sp³-hybridized carbons (Fsp3) is 0.476. The summed E-state index contributed by atoms with van der Waals surface area (Å²) in [4.78, 5) is 11.6. The minimum absolute atomic E-state index is 0.0445. The third-order valence-electron chi connectivity index (χ3n) is 4.57. The SMILES string of the molecule is CC1=C=C=C(C(C)C)C=C2C(C)=CC(S(=O)(=O)NC(CC(C)C)C(=O)O)=C12. The summed E-state index contributed by atoms with van der Waals surface area (Å²) in [5.41, 5.74) is 10.0. The Morgan fingerprint density at radius 3 is 2.30 bits per heavy atom. The summed E-state index contributed by atoms with van der Waals surface area (Å²) in [6.07, 6.45) is 3.77. The second-order valence-corrected chi connectivity index (χ2v) is 9.43. The lowest BCUT2D eigenvalue weighted by atomic mass is 9.95. The summed E-state index contributed by atoms with van der Waals surface area (Å²) in [5.74, 6) is -0.904. The van der Waals surface area contributed by atoms with Crippen LogP contribution in [0.15, 0.2) is 56.4 Å². The maximum Gasteiger partial charge on any atom is 0.321 e. The quantitative estimate of drug-likeness (QED) is 0.648. The summed E-state index contributed by atoms with van der Waals surface area (Å²) in [7, 11) is -4.01. The van der Waals surface area contributed by atoms with Crippen LogP contribution in [0.3, 0.4) is 0 Å². The zero-order valence-electron chi connectivity index (χ0n) is 16.7. The van der Waals surface area contributed by atoms with E-state index in [-0.39, 0.29) is 23.2 Å². The highest BCUT2D eigenvalue weighted by Gasteiger charge is 2.33. The molecule has 0 aromatic rings. The van der Waals surface area contributed by atoms with Gasteiger partial charge in [-0.1, -0.05) is 39.2 Å². The van der Waals surface area contributed by atoms with Gasteiger partial charge < -0.3 is 5.11 Å². The predicted molar refractivity (Wildman–Crippen MR) is 106 cm³/mol. The van der Waals surface area contributed by atoms with Gasteiger partial charge in [-0.15, -0.1) is 0 Å². The molecule has 0 saturated carbocycles. The molecule has 0 spiro atoms. The maximum absolute atomic E-state index is 13.0. The highest BCUT2D eigenvalue weighted by Crippen LogP contribution is 2.39. The fourth-order valence-electron chi connectivity index (χ4n) is 3.11. The lowest BCUT2D eigenvalue weighted by molar-refractivity contribution is -0.139. The molecule has 0 heterocycles. The summed E-state index contributed by atoms with van der Waals surface area (Å²) in [6.45, 7) is 11.4. The van der Waals surface area contributed by atoms with Crippen molar-refractivity contribution in [2.75, 3.05) is 0 Å². The fourth-order valence-corrected chi connectivity index (χ4v) is 4.68. The first-order chi connectivity index (χ1) is 12.4. The lowest BCUT2D eigenvalue weighted by Gasteiger charge is -2.17. The van der Waals surface area contributed by atoms with Gasteiger partial charge in [-0.3, -0.25) is 4.79 Å². The van der Waals surface area contributed by atoms with Gasteiger partial charge in [-0.25, -0.2) is 8.42 Å². The van der Waals surface area contributed by atoms with E-state index in [0.29, 0.717) is 11.1 Å². The van der Waals surface area contributed by atoms with E-state index in [0.717, 1.165) is 16.7 Å². The van der Waals surface area contributed by atoms with Crippen LogP contribution in [-0.2, 0) is 14.8 Å². The van der Waals surface area contributed by atoms with Crippen molar-refractivity contribution in [3.63, 3.8) is 0 Å². The molecular weight excluding hydrogens is 362 g/mol.